The second-order valence-corrected chi connectivity index (χ2v) is 3.64. The summed E-state index contributed by atoms with van der Waals surface area (Å²) in [5.74, 6) is 0. The molecule has 0 aromatic heterocycles. The zero-order valence-corrected chi connectivity index (χ0v) is 11.4. The molecule has 13 nitrogen and oxygen atoms in total. The summed E-state index contributed by atoms with van der Waals surface area (Å²) in [4.78, 5) is 0. The van der Waals surface area contributed by atoms with Crippen LogP contribution in [0.2, 0.25) is 0 Å². The van der Waals surface area contributed by atoms with Crippen molar-refractivity contribution in [1.29, 1.82) is 0 Å². The molecule has 0 fully saturated rings. The van der Waals surface area contributed by atoms with Crippen molar-refractivity contribution in [2.75, 3.05) is 0 Å². The van der Waals surface area contributed by atoms with E-state index in [0.717, 1.165) is 0 Å². The van der Waals surface area contributed by atoms with Crippen LogP contribution in [0.5, 0.6) is 0 Å². The molecule has 0 saturated heterocycles. The third-order valence-electron chi connectivity index (χ3n) is 0. The number of rotatable bonds is 0. The van der Waals surface area contributed by atoms with Gasteiger partial charge < -0.3 is 39.2 Å². The molecule has 0 spiro atoms. The van der Waals surface area contributed by atoms with Crippen molar-refractivity contribution in [2.24, 2.45) is 0 Å². The van der Waals surface area contributed by atoms with Gasteiger partial charge in [0, 0.05) is 10.4 Å². The van der Waals surface area contributed by atoms with Crippen LogP contribution in [-0.2, 0) is 33.9 Å². The first-order valence-electron chi connectivity index (χ1n) is 1.33. The molecule has 0 aliphatic rings. The molecule has 104 valence electrons. The summed E-state index contributed by atoms with van der Waals surface area (Å²) < 4.78 is 68.6. The van der Waals surface area contributed by atoms with Crippen molar-refractivity contribution in [3.05, 3.63) is 0 Å². The maximum atomic E-state index is 8.63. The van der Waals surface area contributed by atoms with Crippen molar-refractivity contribution in [2.45, 2.75) is 0 Å². The van der Waals surface area contributed by atoms with Gasteiger partial charge in [0.2, 0.25) is 0 Å². The van der Waals surface area contributed by atoms with Gasteiger partial charge in [0.25, 0.3) is 0 Å². The van der Waals surface area contributed by atoms with E-state index in [1.807, 2.05) is 0 Å². The second-order valence-electron chi connectivity index (χ2n) is 0.816. The van der Waals surface area contributed by atoms with E-state index in [1.165, 1.54) is 0 Å². The van der Waals surface area contributed by atoms with E-state index in [4.69, 9.17) is 31.8 Å². The molecule has 0 aliphatic carbocycles. The Hall–Kier alpha value is -0.122. The summed E-state index contributed by atoms with van der Waals surface area (Å²) in [6.07, 6.45) is 0. The molecule has 0 bridgehead atoms. The zero-order chi connectivity index (χ0) is 9.00. The Morgan fingerprint density at radius 3 is 0.800 bits per heavy atom. The molecule has 0 aliphatic heterocycles. The Balaban J connectivity index is -0.0000000128. The van der Waals surface area contributed by atoms with Crippen molar-refractivity contribution in [1.82, 2.24) is 24.6 Å². The van der Waals surface area contributed by atoms with E-state index in [0.29, 0.717) is 0 Å². The Bertz CT molecular complexity index is 218. The van der Waals surface area contributed by atoms with E-state index < -0.39 is 27.1 Å². The third-order valence-corrected chi connectivity index (χ3v) is 0. The molecule has 0 rings (SSSR count). The minimum absolute atomic E-state index is 0. The quantitative estimate of drug-likeness (QED) is 0.195. The van der Waals surface area contributed by atoms with Crippen LogP contribution in [0, 0.1) is 0 Å². The zero-order valence-electron chi connectivity index (χ0n) is 8.58. The number of hydrogen-bond acceptors (Lipinski definition) is 8. The van der Waals surface area contributed by atoms with Crippen LogP contribution in [0.4, 0.5) is 0 Å². The van der Waals surface area contributed by atoms with E-state index >= 15 is 0 Å². The van der Waals surface area contributed by atoms with Crippen LogP contribution in [0.15, 0.2) is 0 Å². The Morgan fingerprint density at radius 2 is 0.800 bits per heavy atom. The summed E-state index contributed by atoms with van der Waals surface area (Å²) in [5.41, 5.74) is 0. The molecule has 0 aromatic carbocycles. The molecule has 0 amide bonds. The summed E-state index contributed by atoms with van der Waals surface area (Å²) >= 11 is -6.02. The summed E-state index contributed by atoms with van der Waals surface area (Å²) in [6, 6.07) is 0. The van der Waals surface area contributed by atoms with Crippen molar-refractivity contribution >= 4 is 10.4 Å². The molecule has 0 saturated carbocycles. The molecule has 18 N–H and O–H groups in total. The van der Waals surface area contributed by atoms with Gasteiger partial charge in [0.1, 0.15) is 0 Å². The normalized spacial score (nSPS) is 7.73. The van der Waals surface area contributed by atoms with Crippen LogP contribution < -0.4 is 32.1 Å². The predicted molar refractivity (Wildman–Crippen MR) is 39.4 cm³/mol. The van der Waals surface area contributed by atoms with Crippen molar-refractivity contribution in [3.63, 3.8) is 0 Å². The second kappa shape index (κ2) is 16.3. The minimum atomic E-state index is -6.02. The predicted octanol–water partition coefficient (Wildman–Crippen LogP) is -3.28. The monoisotopic (exact) mass is 348 g/mol. The van der Waals surface area contributed by atoms with Gasteiger partial charge in [0.15, 0.2) is 0 Å². The molecular formula is H18MoN4O9S. The first kappa shape index (κ1) is 46.2. The fourth-order valence-electron chi connectivity index (χ4n) is 0. The molecule has 0 aromatic rings. The molecule has 0 atom stereocenters. The van der Waals surface area contributed by atoms with Gasteiger partial charge >= 0.3 is 31.1 Å². The molecule has 15 heavy (non-hydrogen) atoms. The van der Waals surface area contributed by atoms with Crippen LogP contribution >= 0.6 is 0 Å². The van der Waals surface area contributed by atoms with Gasteiger partial charge in [-0.15, -0.1) is 0 Å². The topological polar surface area (TPSA) is 338 Å². The Morgan fingerprint density at radius 1 is 0.800 bits per heavy atom. The Kier molecular flexibility index (Phi) is 50.2. The average molecular weight is 346 g/mol. The van der Waals surface area contributed by atoms with E-state index in [-0.39, 0.29) is 30.1 Å². The van der Waals surface area contributed by atoms with E-state index in [1.54, 1.807) is 0 Å². The van der Waals surface area contributed by atoms with Crippen molar-refractivity contribution in [3.8, 4) is 0 Å². The van der Waals surface area contributed by atoms with Crippen LogP contribution in [0.25, 0.3) is 0 Å². The summed E-state index contributed by atoms with van der Waals surface area (Å²) in [5, 5.41) is 0. The fourth-order valence-corrected chi connectivity index (χ4v) is 0. The maximum absolute atomic E-state index is 8.63. The van der Waals surface area contributed by atoms with Gasteiger partial charge in [-0.05, 0) is 0 Å². The van der Waals surface area contributed by atoms with Gasteiger partial charge in [-0.25, -0.2) is 0 Å². The average Bonchev–Trinajstić information content (AvgIpc) is 1.12. The number of hydrogen-bond donors (Lipinski definition) is 4. The van der Waals surface area contributed by atoms with E-state index in [9.17, 15) is 0 Å². The summed E-state index contributed by atoms with van der Waals surface area (Å²) in [6.45, 7) is 0. The molecule has 0 radical (unpaired) electrons. The number of quaternary nitrogens is 4. The van der Waals surface area contributed by atoms with Gasteiger partial charge in [0.05, 0.1) is 0 Å². The van der Waals surface area contributed by atoms with Crippen LogP contribution in [0.3, 0.4) is 0 Å². The molecule has 15 heteroatoms. The first-order valence-corrected chi connectivity index (χ1v) is 5.94. The van der Waals surface area contributed by atoms with E-state index in [2.05, 4.69) is 0 Å². The van der Waals surface area contributed by atoms with Crippen LogP contribution in [0.1, 0.15) is 0 Å². The molecule has 0 unspecified atom stereocenters. The summed E-state index contributed by atoms with van der Waals surface area (Å²) in [7, 11) is -5.17. The SMILES string of the molecule is O.O=S(=O)([O-])[O-].[NH4+].[NH4+].[NH4+].[NH4+].[O]=[Mo](=[O])([O-])[O-]. The van der Waals surface area contributed by atoms with Gasteiger partial charge in [-0.2, -0.15) is 0 Å². The fraction of sp³-hybridized carbons (Fsp3) is 0. The first-order chi connectivity index (χ1) is 4.00. The third kappa shape index (κ3) is 132000. The van der Waals surface area contributed by atoms with Gasteiger partial charge in [-0.3, -0.25) is 8.42 Å². The standard InChI is InChI=1S/Mo.4H3N.H2O4S.H2O.4O/c;;;;;1-5(2,3)4;;;;;/h;4*1H3;(H2,1,2,3,4);1H2;;;;/q;;;;;;;;;2*-1/p+2. The van der Waals surface area contributed by atoms with Crippen LogP contribution in [-0.4, -0.2) is 23.0 Å². The molecule has 0 heterocycles. The van der Waals surface area contributed by atoms with Crippen molar-refractivity contribution < 1.29 is 54.1 Å². The van der Waals surface area contributed by atoms with Gasteiger partial charge in [-0.1, -0.05) is 0 Å². The molecular weight excluding hydrogens is 328 g/mol. The Labute approximate surface area is 89.4 Å².